The standard InChI is InChI=1S/C8H14O7.C3H4O2/c1-3(10)5(12)7(14)8(15)6(13)4(11)2-9;1-2-3(4)5/h4,6-9,11,13-15H,2H2,1H3;2H,1H2,(H,4,5). The van der Waals surface area contributed by atoms with Crippen molar-refractivity contribution in [3.8, 4) is 0 Å². The molecule has 6 N–H and O–H groups in total. The van der Waals surface area contributed by atoms with Crippen LogP contribution in [-0.4, -0.2) is 79.2 Å². The van der Waals surface area contributed by atoms with Gasteiger partial charge < -0.3 is 30.6 Å². The van der Waals surface area contributed by atoms with Gasteiger partial charge in [0.15, 0.2) is 5.78 Å². The lowest BCUT2D eigenvalue weighted by molar-refractivity contribution is -0.153. The first-order valence-corrected chi connectivity index (χ1v) is 5.33. The van der Waals surface area contributed by atoms with Crippen molar-refractivity contribution in [1.82, 2.24) is 0 Å². The Morgan fingerprint density at radius 1 is 1.10 bits per heavy atom. The van der Waals surface area contributed by atoms with Gasteiger partial charge in [0, 0.05) is 13.0 Å². The summed E-state index contributed by atoms with van der Waals surface area (Å²) in [6, 6.07) is 0. The van der Waals surface area contributed by atoms with Crippen LogP contribution in [0.5, 0.6) is 0 Å². The quantitative estimate of drug-likeness (QED) is 0.209. The fourth-order valence-corrected chi connectivity index (χ4v) is 0.886. The van der Waals surface area contributed by atoms with Crippen LogP contribution in [0.2, 0.25) is 0 Å². The van der Waals surface area contributed by atoms with E-state index in [4.69, 9.17) is 30.6 Å². The average Bonchev–Trinajstić information content (AvgIpc) is 2.43. The first-order chi connectivity index (χ1) is 9.09. The van der Waals surface area contributed by atoms with E-state index in [1.807, 2.05) is 0 Å². The van der Waals surface area contributed by atoms with Crippen molar-refractivity contribution >= 4 is 17.5 Å². The fraction of sp³-hybridized carbons (Fsp3) is 0.545. The van der Waals surface area contributed by atoms with Crippen molar-refractivity contribution in [2.75, 3.05) is 6.61 Å². The van der Waals surface area contributed by atoms with Crippen LogP contribution >= 0.6 is 0 Å². The van der Waals surface area contributed by atoms with E-state index in [2.05, 4.69) is 6.58 Å². The topological polar surface area (TPSA) is 173 Å². The van der Waals surface area contributed by atoms with E-state index in [9.17, 15) is 14.4 Å². The zero-order valence-electron chi connectivity index (χ0n) is 10.7. The van der Waals surface area contributed by atoms with E-state index in [1.54, 1.807) is 0 Å². The maximum atomic E-state index is 10.9. The maximum Gasteiger partial charge on any atom is 0.327 e. The minimum Gasteiger partial charge on any atom is -0.478 e. The van der Waals surface area contributed by atoms with Crippen LogP contribution in [0.3, 0.4) is 0 Å². The molecule has 116 valence electrons. The number of carbonyl (C=O) groups is 3. The molecule has 0 amide bonds. The van der Waals surface area contributed by atoms with E-state index >= 15 is 0 Å². The first kappa shape index (κ1) is 20.7. The molecule has 0 aromatic heterocycles. The van der Waals surface area contributed by atoms with E-state index in [0.29, 0.717) is 0 Å². The molecule has 0 aliphatic carbocycles. The van der Waals surface area contributed by atoms with Crippen LogP contribution in [0.25, 0.3) is 0 Å². The number of carbonyl (C=O) groups excluding carboxylic acids is 2. The Morgan fingerprint density at radius 2 is 1.50 bits per heavy atom. The molecule has 9 heteroatoms. The Balaban J connectivity index is 0. The van der Waals surface area contributed by atoms with Crippen LogP contribution < -0.4 is 0 Å². The van der Waals surface area contributed by atoms with E-state index in [-0.39, 0.29) is 0 Å². The summed E-state index contributed by atoms with van der Waals surface area (Å²) in [5, 5.41) is 52.3. The highest BCUT2D eigenvalue weighted by Gasteiger charge is 2.35. The first-order valence-electron chi connectivity index (χ1n) is 5.33. The summed E-state index contributed by atoms with van der Waals surface area (Å²) < 4.78 is 0. The number of ketones is 2. The molecule has 4 atom stereocenters. The third kappa shape index (κ3) is 7.71. The Labute approximate surface area is 114 Å². The monoisotopic (exact) mass is 294 g/mol. The number of aliphatic carboxylic acids is 1. The van der Waals surface area contributed by atoms with Gasteiger partial charge in [0.25, 0.3) is 0 Å². The Bertz CT molecular complexity index is 352. The van der Waals surface area contributed by atoms with Gasteiger partial charge in [0.05, 0.1) is 6.61 Å². The van der Waals surface area contributed by atoms with Crippen molar-refractivity contribution in [3.63, 3.8) is 0 Å². The number of Topliss-reactive ketones (excluding diaryl/α,β-unsaturated/α-hetero) is 2. The molecule has 9 nitrogen and oxygen atoms in total. The molecule has 0 fully saturated rings. The van der Waals surface area contributed by atoms with Crippen molar-refractivity contribution in [2.45, 2.75) is 31.3 Å². The molecule has 0 aromatic carbocycles. The molecule has 0 aliphatic heterocycles. The summed E-state index contributed by atoms with van der Waals surface area (Å²) in [4.78, 5) is 30.7. The van der Waals surface area contributed by atoms with E-state index < -0.39 is 48.6 Å². The van der Waals surface area contributed by atoms with Gasteiger partial charge in [-0.15, -0.1) is 0 Å². The predicted octanol–water partition coefficient (Wildman–Crippen LogP) is -3.16. The smallest absolute Gasteiger partial charge is 0.327 e. The molecule has 0 saturated carbocycles. The summed E-state index contributed by atoms with van der Waals surface area (Å²) in [7, 11) is 0. The highest BCUT2D eigenvalue weighted by Crippen LogP contribution is 2.06. The number of hydrogen-bond donors (Lipinski definition) is 6. The summed E-state index contributed by atoms with van der Waals surface area (Å²) in [6.45, 7) is 3.01. The van der Waals surface area contributed by atoms with Gasteiger partial charge in [0.2, 0.25) is 5.78 Å². The molecular weight excluding hydrogens is 276 g/mol. The van der Waals surface area contributed by atoms with Gasteiger partial charge in [-0.3, -0.25) is 9.59 Å². The lowest BCUT2D eigenvalue weighted by Gasteiger charge is -2.24. The molecule has 0 bridgehead atoms. The Kier molecular flexibility index (Phi) is 10.5. The molecule has 0 radical (unpaired) electrons. The number of aliphatic hydroxyl groups is 5. The third-order valence-corrected chi connectivity index (χ3v) is 2.04. The highest BCUT2D eigenvalue weighted by atomic mass is 16.4. The average molecular weight is 294 g/mol. The van der Waals surface area contributed by atoms with Crippen molar-refractivity contribution in [2.24, 2.45) is 0 Å². The predicted molar refractivity (Wildman–Crippen MR) is 64.6 cm³/mol. The second kappa shape index (κ2) is 10.2. The Morgan fingerprint density at radius 3 is 1.75 bits per heavy atom. The number of carboxylic acid groups (broad SMARTS) is 1. The molecule has 20 heavy (non-hydrogen) atoms. The van der Waals surface area contributed by atoms with Gasteiger partial charge in [-0.1, -0.05) is 6.58 Å². The largest absolute Gasteiger partial charge is 0.478 e. The normalized spacial score (nSPS) is 15.9. The van der Waals surface area contributed by atoms with Gasteiger partial charge >= 0.3 is 5.97 Å². The number of carboxylic acids is 1. The van der Waals surface area contributed by atoms with Crippen molar-refractivity contribution in [1.29, 1.82) is 0 Å². The second-order valence-electron chi connectivity index (χ2n) is 3.64. The van der Waals surface area contributed by atoms with Crippen LogP contribution in [-0.2, 0) is 14.4 Å². The van der Waals surface area contributed by atoms with E-state index in [0.717, 1.165) is 13.0 Å². The van der Waals surface area contributed by atoms with Gasteiger partial charge in [-0.25, -0.2) is 4.79 Å². The minimum atomic E-state index is -2.11. The van der Waals surface area contributed by atoms with Crippen LogP contribution in [0.1, 0.15) is 6.92 Å². The molecule has 0 spiro atoms. The molecule has 0 heterocycles. The Hall–Kier alpha value is -1.65. The van der Waals surface area contributed by atoms with Gasteiger partial charge in [-0.2, -0.15) is 0 Å². The highest BCUT2D eigenvalue weighted by molar-refractivity contribution is 6.38. The summed E-state index contributed by atoms with van der Waals surface area (Å²) >= 11 is 0. The number of aliphatic hydroxyl groups excluding tert-OH is 5. The molecule has 0 saturated heterocycles. The molecule has 0 rings (SSSR count). The second-order valence-corrected chi connectivity index (χ2v) is 3.64. The zero-order chi connectivity index (χ0) is 16.5. The van der Waals surface area contributed by atoms with Gasteiger partial charge in [0.1, 0.15) is 24.4 Å². The molecule has 0 aromatic rings. The molecular formula is C11H18O9. The van der Waals surface area contributed by atoms with Crippen LogP contribution in [0.4, 0.5) is 0 Å². The molecule has 0 aliphatic rings. The lowest BCUT2D eigenvalue weighted by Crippen LogP contribution is -2.49. The number of hydrogen-bond acceptors (Lipinski definition) is 8. The van der Waals surface area contributed by atoms with E-state index in [1.165, 1.54) is 0 Å². The fourth-order valence-electron chi connectivity index (χ4n) is 0.886. The minimum absolute atomic E-state index is 0.833. The molecule has 4 unspecified atom stereocenters. The summed E-state index contributed by atoms with van der Waals surface area (Å²) in [6.07, 6.45) is -6.91. The lowest BCUT2D eigenvalue weighted by atomic mass is 9.99. The number of rotatable bonds is 7. The summed E-state index contributed by atoms with van der Waals surface area (Å²) in [5.74, 6) is -3.23. The zero-order valence-corrected chi connectivity index (χ0v) is 10.7. The van der Waals surface area contributed by atoms with Gasteiger partial charge in [-0.05, 0) is 0 Å². The summed E-state index contributed by atoms with van der Waals surface area (Å²) in [5.41, 5.74) is 0. The van der Waals surface area contributed by atoms with Crippen LogP contribution in [0, 0.1) is 0 Å². The maximum absolute atomic E-state index is 10.9. The SMILES string of the molecule is C=CC(=O)O.CC(=O)C(=O)C(O)C(O)C(O)C(O)CO. The third-order valence-electron chi connectivity index (χ3n) is 2.04. The van der Waals surface area contributed by atoms with Crippen LogP contribution in [0.15, 0.2) is 12.7 Å². The van der Waals surface area contributed by atoms with Crippen molar-refractivity contribution in [3.05, 3.63) is 12.7 Å². The van der Waals surface area contributed by atoms with Crippen molar-refractivity contribution < 1.29 is 45.0 Å².